The van der Waals surface area contributed by atoms with Crippen LogP contribution < -0.4 is 19.5 Å². The lowest BCUT2D eigenvalue weighted by molar-refractivity contribution is -0.134. The summed E-state index contributed by atoms with van der Waals surface area (Å²) in [6.07, 6.45) is 0.738. The van der Waals surface area contributed by atoms with E-state index < -0.39 is 0 Å². The maximum absolute atomic E-state index is 12.3. The van der Waals surface area contributed by atoms with Gasteiger partial charge in [0, 0.05) is 22.7 Å². The third-order valence-electron chi connectivity index (χ3n) is 4.30. The van der Waals surface area contributed by atoms with Gasteiger partial charge in [-0.1, -0.05) is 11.6 Å². The Morgan fingerprint density at radius 1 is 0.839 bits per heavy atom. The molecule has 0 aliphatic rings. The molecule has 0 unspecified atom stereocenters. The zero-order chi connectivity index (χ0) is 22.1. The van der Waals surface area contributed by atoms with Gasteiger partial charge in [-0.2, -0.15) is 0 Å². The van der Waals surface area contributed by atoms with E-state index in [2.05, 4.69) is 5.32 Å². The van der Waals surface area contributed by atoms with Gasteiger partial charge in [-0.15, -0.1) is 0 Å². The predicted octanol–water partition coefficient (Wildman–Crippen LogP) is 5.37. The van der Waals surface area contributed by atoms with E-state index in [9.17, 15) is 9.59 Å². The molecule has 7 heteroatoms. The summed E-state index contributed by atoms with van der Waals surface area (Å²) in [6, 6.07) is 20.4. The molecule has 3 aromatic rings. The first-order valence-electron chi connectivity index (χ1n) is 9.68. The van der Waals surface area contributed by atoms with Gasteiger partial charge >= 0.3 is 5.97 Å². The number of rotatable bonds is 9. The molecule has 1 N–H and O–H groups in total. The van der Waals surface area contributed by atoms with Crippen LogP contribution in [0.15, 0.2) is 72.8 Å². The topological polar surface area (TPSA) is 73.9 Å². The smallest absolute Gasteiger partial charge is 0.311 e. The number of esters is 1. The van der Waals surface area contributed by atoms with Crippen LogP contribution in [0.2, 0.25) is 5.02 Å². The molecular formula is C24H22ClNO5. The fraction of sp³-hybridized carbons (Fsp3) is 0.167. The van der Waals surface area contributed by atoms with Crippen LogP contribution in [0.25, 0.3) is 0 Å². The normalized spacial score (nSPS) is 10.3. The van der Waals surface area contributed by atoms with Gasteiger partial charge in [0.05, 0.1) is 13.7 Å². The van der Waals surface area contributed by atoms with Crippen LogP contribution >= 0.6 is 11.6 Å². The Morgan fingerprint density at radius 2 is 1.45 bits per heavy atom. The molecule has 0 fully saturated rings. The van der Waals surface area contributed by atoms with Crippen LogP contribution in [0.3, 0.4) is 0 Å². The minimum atomic E-state index is -0.364. The number of hydrogen-bond donors (Lipinski definition) is 1. The van der Waals surface area contributed by atoms with Crippen LogP contribution in [-0.2, 0) is 4.79 Å². The molecule has 0 aromatic heterocycles. The van der Waals surface area contributed by atoms with Crippen molar-refractivity contribution in [3.05, 3.63) is 83.4 Å². The Morgan fingerprint density at radius 3 is 2.10 bits per heavy atom. The largest absolute Gasteiger partial charge is 0.497 e. The van der Waals surface area contributed by atoms with Gasteiger partial charge in [0.25, 0.3) is 5.91 Å². The van der Waals surface area contributed by atoms with Crippen LogP contribution in [0.5, 0.6) is 17.2 Å². The van der Waals surface area contributed by atoms with Crippen molar-refractivity contribution in [3.8, 4) is 17.2 Å². The molecule has 0 saturated heterocycles. The van der Waals surface area contributed by atoms with E-state index in [0.717, 1.165) is 5.75 Å². The van der Waals surface area contributed by atoms with Gasteiger partial charge < -0.3 is 19.5 Å². The molecule has 0 atom stereocenters. The van der Waals surface area contributed by atoms with Gasteiger partial charge in [0.1, 0.15) is 17.2 Å². The molecule has 160 valence electrons. The highest BCUT2D eigenvalue weighted by Crippen LogP contribution is 2.18. The van der Waals surface area contributed by atoms with Crippen molar-refractivity contribution in [2.24, 2.45) is 0 Å². The summed E-state index contributed by atoms with van der Waals surface area (Å²) in [7, 11) is 1.60. The Balaban J connectivity index is 1.40. The average molecular weight is 440 g/mol. The summed E-state index contributed by atoms with van der Waals surface area (Å²) in [5, 5.41) is 3.37. The molecule has 6 nitrogen and oxygen atoms in total. The fourth-order valence-corrected chi connectivity index (χ4v) is 2.80. The maximum atomic E-state index is 12.3. The predicted molar refractivity (Wildman–Crippen MR) is 119 cm³/mol. The number of anilines is 1. The lowest BCUT2D eigenvalue weighted by Crippen LogP contribution is -2.12. The molecule has 0 heterocycles. The van der Waals surface area contributed by atoms with Crippen molar-refractivity contribution in [1.82, 2.24) is 0 Å². The number of hydrogen-bond acceptors (Lipinski definition) is 5. The number of benzene rings is 3. The summed E-state index contributed by atoms with van der Waals surface area (Å²) in [4.78, 5) is 24.3. The fourth-order valence-electron chi connectivity index (χ4n) is 2.67. The van der Waals surface area contributed by atoms with Gasteiger partial charge in [-0.3, -0.25) is 9.59 Å². The van der Waals surface area contributed by atoms with Crippen molar-refractivity contribution < 1.29 is 23.8 Å². The van der Waals surface area contributed by atoms with Crippen molar-refractivity contribution in [2.45, 2.75) is 12.8 Å². The lowest BCUT2D eigenvalue weighted by atomic mass is 10.2. The number of ether oxygens (including phenoxy) is 3. The van der Waals surface area contributed by atoms with Crippen LogP contribution in [0.4, 0.5) is 5.69 Å². The molecule has 3 rings (SSSR count). The van der Waals surface area contributed by atoms with Crippen LogP contribution in [-0.4, -0.2) is 25.6 Å². The van der Waals surface area contributed by atoms with E-state index in [4.69, 9.17) is 25.8 Å². The van der Waals surface area contributed by atoms with Gasteiger partial charge in [-0.25, -0.2) is 0 Å². The second kappa shape index (κ2) is 11.0. The minimum Gasteiger partial charge on any atom is -0.497 e. The third kappa shape index (κ3) is 7.04. The Bertz CT molecular complexity index is 1000. The third-order valence-corrected chi connectivity index (χ3v) is 4.56. The Hall–Kier alpha value is -3.51. The SMILES string of the molecule is COc1ccc(OCCCC(=O)Oc2ccc(C(=O)Nc3ccc(Cl)cc3)cc2)cc1. The number of carbonyl (C=O) groups is 2. The van der Waals surface area contributed by atoms with Crippen molar-refractivity contribution in [2.75, 3.05) is 19.0 Å². The summed E-state index contributed by atoms with van der Waals surface area (Å²) >= 11 is 5.84. The quantitative estimate of drug-likeness (QED) is 0.276. The number of halogens is 1. The van der Waals surface area contributed by atoms with Crippen molar-refractivity contribution in [1.29, 1.82) is 0 Å². The molecule has 0 spiro atoms. The number of carbonyl (C=O) groups excluding carboxylic acids is 2. The highest BCUT2D eigenvalue weighted by molar-refractivity contribution is 6.30. The van der Waals surface area contributed by atoms with E-state index in [1.165, 1.54) is 0 Å². The van der Waals surface area contributed by atoms with Gasteiger partial charge in [-0.05, 0) is 79.2 Å². The van der Waals surface area contributed by atoms with Gasteiger partial charge in [0.2, 0.25) is 0 Å². The standard InChI is InChI=1S/C24H22ClNO5/c1-29-20-12-14-21(15-13-20)30-16-2-3-23(27)31-22-10-4-17(5-11-22)24(28)26-19-8-6-18(25)7-9-19/h4-15H,2-3,16H2,1H3,(H,26,28). The van der Waals surface area contributed by atoms with Crippen LogP contribution in [0.1, 0.15) is 23.2 Å². The first-order chi connectivity index (χ1) is 15.0. The second-order valence-corrected chi connectivity index (χ2v) is 7.02. The Kier molecular flexibility index (Phi) is 7.90. The second-order valence-electron chi connectivity index (χ2n) is 6.59. The molecule has 0 bridgehead atoms. The van der Waals surface area contributed by atoms with Crippen molar-refractivity contribution >= 4 is 29.2 Å². The number of amides is 1. The van der Waals surface area contributed by atoms with E-state index in [1.54, 1.807) is 55.6 Å². The van der Waals surface area contributed by atoms with E-state index >= 15 is 0 Å². The van der Waals surface area contributed by atoms with E-state index in [-0.39, 0.29) is 18.3 Å². The molecule has 0 aliphatic heterocycles. The first-order valence-corrected chi connectivity index (χ1v) is 10.1. The zero-order valence-corrected chi connectivity index (χ0v) is 17.7. The van der Waals surface area contributed by atoms with Crippen LogP contribution in [0, 0.1) is 0 Å². The summed E-state index contributed by atoms with van der Waals surface area (Å²) in [6.45, 7) is 0.394. The Labute approximate surface area is 185 Å². The molecule has 3 aromatic carbocycles. The summed E-state index contributed by atoms with van der Waals surface area (Å²) in [5.74, 6) is 1.21. The molecule has 1 amide bonds. The molecule has 31 heavy (non-hydrogen) atoms. The summed E-state index contributed by atoms with van der Waals surface area (Å²) < 4.78 is 16.0. The van der Waals surface area contributed by atoms with Gasteiger partial charge in [0.15, 0.2) is 0 Å². The lowest BCUT2D eigenvalue weighted by Gasteiger charge is -2.08. The minimum absolute atomic E-state index is 0.217. The molecule has 0 radical (unpaired) electrons. The number of methoxy groups -OCH3 is 1. The average Bonchev–Trinajstić information content (AvgIpc) is 2.79. The maximum Gasteiger partial charge on any atom is 0.311 e. The first kappa shape index (κ1) is 22.2. The molecule has 0 saturated carbocycles. The highest BCUT2D eigenvalue weighted by atomic mass is 35.5. The summed E-state index contributed by atoms with van der Waals surface area (Å²) in [5.41, 5.74) is 1.09. The van der Waals surface area contributed by atoms with E-state index in [1.807, 2.05) is 24.3 Å². The zero-order valence-electron chi connectivity index (χ0n) is 17.0. The van der Waals surface area contributed by atoms with Crippen molar-refractivity contribution in [3.63, 3.8) is 0 Å². The monoisotopic (exact) mass is 439 g/mol. The molecular weight excluding hydrogens is 418 g/mol. The van der Waals surface area contributed by atoms with E-state index in [0.29, 0.717) is 40.8 Å². The molecule has 0 aliphatic carbocycles. The highest BCUT2D eigenvalue weighted by Gasteiger charge is 2.09. The number of nitrogens with one attached hydrogen (secondary N) is 1.